The smallest absolute Gasteiger partial charge is 0.269 e. The quantitative estimate of drug-likeness (QED) is 0.329. The minimum absolute atomic E-state index is 0.0151. The number of aryl methyl sites for hydroxylation is 1. The van der Waals surface area contributed by atoms with Crippen molar-refractivity contribution in [1.29, 1.82) is 0 Å². The lowest BCUT2D eigenvalue weighted by atomic mass is 10.1. The number of hydrogen-bond acceptors (Lipinski definition) is 3. The van der Waals surface area contributed by atoms with Gasteiger partial charge in [-0.2, -0.15) is 0 Å². The molecule has 0 atom stereocenters. The van der Waals surface area contributed by atoms with Crippen LogP contribution in [0.2, 0.25) is 0 Å². The Morgan fingerprint density at radius 1 is 0.933 bits per heavy atom. The van der Waals surface area contributed by atoms with Crippen molar-refractivity contribution in [3.8, 4) is 0 Å². The minimum Gasteiger partial charge on any atom is -0.276 e. The van der Waals surface area contributed by atoms with E-state index in [-0.39, 0.29) is 17.4 Å². The van der Waals surface area contributed by atoms with Gasteiger partial charge in [-0.25, -0.2) is 4.39 Å². The maximum absolute atomic E-state index is 13.4. The van der Waals surface area contributed by atoms with Crippen molar-refractivity contribution in [1.82, 2.24) is 0 Å². The van der Waals surface area contributed by atoms with E-state index in [1.807, 2.05) is 31.2 Å². The van der Waals surface area contributed by atoms with Crippen LogP contribution < -0.4 is 4.90 Å². The molecule has 0 radical (unpaired) electrons. The highest BCUT2D eigenvalue weighted by atomic mass is 19.1. The highest BCUT2D eigenvalue weighted by molar-refractivity contribution is 6.23. The highest BCUT2D eigenvalue weighted by Gasteiger charge is 2.30. The molecule has 3 aromatic rings. The normalized spacial score (nSPS) is 14.9. The van der Waals surface area contributed by atoms with Gasteiger partial charge in [0.15, 0.2) is 0 Å². The molecule has 0 aromatic heterocycles. The largest absolute Gasteiger partial charge is 0.276 e. The van der Waals surface area contributed by atoms with Crippen molar-refractivity contribution in [2.24, 2.45) is 0 Å². The molecule has 1 heterocycles. The van der Waals surface area contributed by atoms with Gasteiger partial charge < -0.3 is 0 Å². The van der Waals surface area contributed by atoms with Crippen molar-refractivity contribution >= 4 is 29.1 Å². The van der Waals surface area contributed by atoms with E-state index < -0.39 is 4.92 Å². The zero-order valence-electron chi connectivity index (χ0n) is 16.1. The number of nitro groups is 1. The molecule has 1 aliphatic rings. The molecule has 30 heavy (non-hydrogen) atoms. The Hall–Kier alpha value is -4.06. The van der Waals surface area contributed by atoms with Crippen LogP contribution in [0, 0.1) is 22.9 Å². The maximum Gasteiger partial charge on any atom is 0.269 e. The summed E-state index contributed by atoms with van der Waals surface area (Å²) >= 11 is 0. The van der Waals surface area contributed by atoms with Gasteiger partial charge in [-0.05, 0) is 66.6 Å². The van der Waals surface area contributed by atoms with Crippen LogP contribution in [-0.2, 0) is 4.79 Å². The van der Waals surface area contributed by atoms with E-state index in [4.69, 9.17) is 0 Å². The molecule has 0 saturated heterocycles. The number of anilines is 1. The van der Waals surface area contributed by atoms with Crippen molar-refractivity contribution in [3.63, 3.8) is 0 Å². The first-order chi connectivity index (χ1) is 14.4. The predicted molar refractivity (Wildman–Crippen MR) is 114 cm³/mol. The van der Waals surface area contributed by atoms with Gasteiger partial charge >= 0.3 is 0 Å². The van der Waals surface area contributed by atoms with Gasteiger partial charge in [0.25, 0.3) is 11.6 Å². The van der Waals surface area contributed by atoms with Crippen LogP contribution in [0.15, 0.2) is 84.4 Å². The molecule has 0 spiro atoms. The zero-order chi connectivity index (χ0) is 21.3. The van der Waals surface area contributed by atoms with Crippen LogP contribution in [-0.4, -0.2) is 10.8 Å². The lowest BCUT2D eigenvalue weighted by Crippen LogP contribution is -2.24. The molecule has 6 heteroatoms. The van der Waals surface area contributed by atoms with Crippen molar-refractivity contribution in [3.05, 3.63) is 117 Å². The van der Waals surface area contributed by atoms with Gasteiger partial charge in [-0.3, -0.25) is 19.8 Å². The first-order valence-electron chi connectivity index (χ1n) is 9.27. The number of carbonyl (C=O) groups excluding carboxylic acids is 1. The number of nitrogens with zero attached hydrogens (tertiary/aromatic N) is 2. The van der Waals surface area contributed by atoms with E-state index in [0.717, 1.165) is 11.1 Å². The molecule has 0 unspecified atom stereocenters. The Morgan fingerprint density at radius 3 is 2.17 bits per heavy atom. The number of benzene rings is 3. The molecule has 0 saturated carbocycles. The van der Waals surface area contributed by atoms with E-state index in [1.54, 1.807) is 41.3 Å². The molecule has 148 valence electrons. The van der Waals surface area contributed by atoms with Gasteiger partial charge in [-0.1, -0.05) is 29.8 Å². The standard InChI is InChI=1S/C24H17FN2O3/c1-16-2-6-18(7-3-16)23-15-19(14-17-4-10-22(11-5-17)27(29)30)24(28)26(23)21-12-8-20(25)9-13-21/h2-15H,1H3/b19-14+. The third kappa shape index (κ3) is 3.75. The van der Waals surface area contributed by atoms with Gasteiger partial charge in [0.05, 0.1) is 10.6 Å². The van der Waals surface area contributed by atoms with E-state index in [2.05, 4.69) is 0 Å². The molecule has 0 N–H and O–H groups in total. The molecule has 5 nitrogen and oxygen atoms in total. The topological polar surface area (TPSA) is 63.5 Å². The Morgan fingerprint density at radius 2 is 1.57 bits per heavy atom. The summed E-state index contributed by atoms with van der Waals surface area (Å²) in [5, 5.41) is 10.8. The summed E-state index contributed by atoms with van der Waals surface area (Å²) in [6.07, 6.45) is 3.46. The fourth-order valence-electron chi connectivity index (χ4n) is 3.27. The average molecular weight is 400 g/mol. The minimum atomic E-state index is -0.469. The summed E-state index contributed by atoms with van der Waals surface area (Å²) in [6.45, 7) is 1.98. The molecule has 4 rings (SSSR count). The number of nitro benzene ring substituents is 1. The second-order valence-electron chi connectivity index (χ2n) is 6.96. The Bertz CT molecular complexity index is 1180. The number of amides is 1. The fraction of sp³-hybridized carbons (Fsp3) is 0.0417. The van der Waals surface area contributed by atoms with Crippen molar-refractivity contribution in [2.45, 2.75) is 6.92 Å². The zero-order valence-corrected chi connectivity index (χ0v) is 16.1. The summed E-state index contributed by atoms with van der Waals surface area (Å²) < 4.78 is 13.4. The summed E-state index contributed by atoms with van der Waals surface area (Å²) in [7, 11) is 0. The van der Waals surface area contributed by atoms with E-state index >= 15 is 0 Å². The molecule has 3 aromatic carbocycles. The van der Waals surface area contributed by atoms with Gasteiger partial charge in [-0.15, -0.1) is 0 Å². The summed E-state index contributed by atoms with van der Waals surface area (Å²) in [6, 6.07) is 19.5. The van der Waals surface area contributed by atoms with Crippen molar-refractivity contribution in [2.75, 3.05) is 4.90 Å². The summed E-state index contributed by atoms with van der Waals surface area (Å²) in [4.78, 5) is 25.1. The lowest BCUT2D eigenvalue weighted by molar-refractivity contribution is -0.384. The molecule has 1 aliphatic heterocycles. The van der Waals surface area contributed by atoms with Crippen LogP contribution in [0.5, 0.6) is 0 Å². The second kappa shape index (κ2) is 7.75. The second-order valence-corrected chi connectivity index (χ2v) is 6.96. The highest BCUT2D eigenvalue weighted by Crippen LogP contribution is 2.35. The fourth-order valence-corrected chi connectivity index (χ4v) is 3.27. The third-order valence-electron chi connectivity index (χ3n) is 4.84. The Kier molecular flexibility index (Phi) is 4.98. The van der Waals surface area contributed by atoms with E-state index in [1.165, 1.54) is 24.3 Å². The van der Waals surface area contributed by atoms with Crippen LogP contribution in [0.4, 0.5) is 15.8 Å². The Balaban J connectivity index is 1.78. The SMILES string of the molecule is Cc1ccc(C2=C/C(=C\c3ccc([N+](=O)[O-])cc3)C(=O)N2c2ccc(F)cc2)cc1. The van der Waals surface area contributed by atoms with E-state index in [0.29, 0.717) is 22.5 Å². The monoisotopic (exact) mass is 400 g/mol. The number of halogens is 1. The molecule has 0 aliphatic carbocycles. The number of non-ortho nitro benzene ring substituents is 1. The number of hydrogen-bond donors (Lipinski definition) is 0. The lowest BCUT2D eigenvalue weighted by Gasteiger charge is -2.21. The first-order valence-corrected chi connectivity index (χ1v) is 9.27. The van der Waals surface area contributed by atoms with Crippen LogP contribution >= 0.6 is 0 Å². The summed E-state index contributed by atoms with van der Waals surface area (Å²) in [5.41, 5.74) is 4.27. The molecular weight excluding hydrogens is 383 g/mol. The predicted octanol–water partition coefficient (Wildman–Crippen LogP) is 5.51. The molecule has 0 fully saturated rings. The van der Waals surface area contributed by atoms with Gasteiger partial charge in [0.1, 0.15) is 5.82 Å². The average Bonchev–Trinajstić information content (AvgIpc) is 3.06. The van der Waals surface area contributed by atoms with Gasteiger partial charge in [0.2, 0.25) is 0 Å². The van der Waals surface area contributed by atoms with Crippen LogP contribution in [0.25, 0.3) is 11.8 Å². The summed E-state index contributed by atoms with van der Waals surface area (Å²) in [5.74, 6) is -0.636. The number of carbonyl (C=O) groups is 1. The molecular formula is C24H17FN2O3. The molecule has 0 bridgehead atoms. The Labute approximate surface area is 172 Å². The first kappa shape index (κ1) is 19.3. The van der Waals surface area contributed by atoms with Crippen LogP contribution in [0.3, 0.4) is 0 Å². The third-order valence-corrected chi connectivity index (χ3v) is 4.84. The number of rotatable bonds is 4. The van der Waals surface area contributed by atoms with Crippen LogP contribution in [0.1, 0.15) is 16.7 Å². The molecule has 1 amide bonds. The van der Waals surface area contributed by atoms with Crippen molar-refractivity contribution < 1.29 is 14.1 Å². The van der Waals surface area contributed by atoms with Gasteiger partial charge in [0, 0.05) is 23.4 Å². The van der Waals surface area contributed by atoms with E-state index in [9.17, 15) is 19.3 Å². The maximum atomic E-state index is 13.4.